The lowest BCUT2D eigenvalue weighted by atomic mass is 10.1. The molecule has 2 aromatic carbocycles. The van der Waals surface area contributed by atoms with Crippen molar-refractivity contribution >= 4 is 34.7 Å². The van der Waals surface area contributed by atoms with Crippen molar-refractivity contribution in [2.24, 2.45) is 0 Å². The number of benzene rings is 2. The molecule has 0 amide bonds. The first-order chi connectivity index (χ1) is 11.0. The second kappa shape index (κ2) is 8.04. The fourth-order valence-electron chi connectivity index (χ4n) is 1.98. The van der Waals surface area contributed by atoms with Crippen molar-refractivity contribution in [3.8, 4) is 5.75 Å². The predicted octanol–water partition coefficient (Wildman–Crippen LogP) is 5.59. The molecule has 0 bridgehead atoms. The third-order valence-corrected chi connectivity index (χ3v) is 4.02. The number of nitrogens with one attached hydrogen (secondary N) is 1. The Balaban J connectivity index is 2.16. The van der Waals surface area contributed by atoms with Crippen molar-refractivity contribution in [3.05, 3.63) is 69.8 Å². The second-order valence-corrected chi connectivity index (χ2v) is 5.68. The summed E-state index contributed by atoms with van der Waals surface area (Å²) in [5.41, 5.74) is 2.19. The molecule has 0 aliphatic carbocycles. The molecule has 120 valence electrons. The SMILES string of the molecule is CCC(=CC(=O)c1ccc(OC)cc1)Nc1ccc(Cl)c(Cl)c1. The van der Waals surface area contributed by atoms with E-state index < -0.39 is 0 Å². The third-order valence-electron chi connectivity index (χ3n) is 3.29. The van der Waals surface area contributed by atoms with Gasteiger partial charge >= 0.3 is 0 Å². The average Bonchev–Trinajstić information content (AvgIpc) is 2.57. The number of hydrogen-bond donors (Lipinski definition) is 1. The molecular formula is C18H17Cl2NO2. The van der Waals surface area contributed by atoms with Crippen LogP contribution in [0.2, 0.25) is 10.0 Å². The van der Waals surface area contributed by atoms with E-state index in [0.717, 1.165) is 17.1 Å². The molecule has 0 saturated heterocycles. The first-order valence-electron chi connectivity index (χ1n) is 7.14. The smallest absolute Gasteiger partial charge is 0.187 e. The van der Waals surface area contributed by atoms with Gasteiger partial charge in [0.25, 0.3) is 0 Å². The fourth-order valence-corrected chi connectivity index (χ4v) is 2.28. The molecule has 0 fully saturated rings. The lowest BCUT2D eigenvalue weighted by Crippen LogP contribution is -2.03. The molecule has 5 heteroatoms. The monoisotopic (exact) mass is 349 g/mol. The number of halogens is 2. The molecular weight excluding hydrogens is 333 g/mol. The summed E-state index contributed by atoms with van der Waals surface area (Å²) in [7, 11) is 1.59. The van der Waals surface area contributed by atoms with Crippen LogP contribution in [-0.4, -0.2) is 12.9 Å². The van der Waals surface area contributed by atoms with Gasteiger partial charge in [-0.1, -0.05) is 30.1 Å². The van der Waals surface area contributed by atoms with Gasteiger partial charge in [-0.15, -0.1) is 0 Å². The number of rotatable bonds is 6. The van der Waals surface area contributed by atoms with Crippen molar-refractivity contribution < 1.29 is 9.53 Å². The molecule has 0 spiro atoms. The van der Waals surface area contributed by atoms with Gasteiger partial charge in [0.05, 0.1) is 17.2 Å². The summed E-state index contributed by atoms with van der Waals surface area (Å²) in [5, 5.41) is 4.15. The van der Waals surface area contributed by atoms with Crippen LogP contribution in [-0.2, 0) is 0 Å². The minimum atomic E-state index is -0.0722. The Morgan fingerprint density at radius 2 is 1.83 bits per heavy atom. The number of carbonyl (C=O) groups excluding carboxylic acids is 1. The zero-order valence-corrected chi connectivity index (χ0v) is 14.4. The Morgan fingerprint density at radius 1 is 1.13 bits per heavy atom. The van der Waals surface area contributed by atoms with Crippen LogP contribution in [0.4, 0.5) is 5.69 Å². The summed E-state index contributed by atoms with van der Waals surface area (Å²) < 4.78 is 5.09. The average molecular weight is 350 g/mol. The lowest BCUT2D eigenvalue weighted by Gasteiger charge is -2.10. The maximum atomic E-state index is 12.3. The van der Waals surface area contributed by atoms with E-state index in [2.05, 4.69) is 5.32 Å². The van der Waals surface area contributed by atoms with Gasteiger partial charge < -0.3 is 10.1 Å². The van der Waals surface area contributed by atoms with Gasteiger partial charge in [-0.05, 0) is 48.9 Å². The molecule has 0 radical (unpaired) electrons. The van der Waals surface area contributed by atoms with Gasteiger partial charge in [0.15, 0.2) is 5.78 Å². The van der Waals surface area contributed by atoms with Crippen LogP contribution >= 0.6 is 23.2 Å². The first kappa shape index (κ1) is 17.4. The normalized spacial score (nSPS) is 11.2. The summed E-state index contributed by atoms with van der Waals surface area (Å²) in [4.78, 5) is 12.3. The Labute approximate surface area is 145 Å². The van der Waals surface area contributed by atoms with Crippen LogP contribution in [0.15, 0.2) is 54.2 Å². The maximum absolute atomic E-state index is 12.3. The summed E-state index contributed by atoms with van der Waals surface area (Å²) >= 11 is 11.9. The van der Waals surface area contributed by atoms with Gasteiger partial charge in [-0.2, -0.15) is 0 Å². The van der Waals surface area contributed by atoms with Crippen molar-refractivity contribution in [2.45, 2.75) is 13.3 Å². The molecule has 0 aromatic heterocycles. The van der Waals surface area contributed by atoms with E-state index in [1.165, 1.54) is 0 Å². The zero-order valence-electron chi connectivity index (χ0n) is 12.9. The molecule has 2 aromatic rings. The molecule has 0 unspecified atom stereocenters. The predicted molar refractivity (Wildman–Crippen MR) is 95.8 cm³/mol. The Bertz CT molecular complexity index is 724. The summed E-state index contributed by atoms with van der Waals surface area (Å²) in [6.07, 6.45) is 2.27. The van der Waals surface area contributed by atoms with Crippen LogP contribution in [0.5, 0.6) is 5.75 Å². The van der Waals surface area contributed by atoms with Gasteiger partial charge in [-0.25, -0.2) is 0 Å². The zero-order chi connectivity index (χ0) is 16.8. The minimum Gasteiger partial charge on any atom is -0.497 e. The number of methoxy groups -OCH3 is 1. The van der Waals surface area contributed by atoms with Gasteiger partial charge in [0.2, 0.25) is 0 Å². The highest BCUT2D eigenvalue weighted by Gasteiger charge is 2.06. The van der Waals surface area contributed by atoms with Crippen LogP contribution in [0, 0.1) is 0 Å². The van der Waals surface area contributed by atoms with Crippen molar-refractivity contribution in [3.63, 3.8) is 0 Å². The van der Waals surface area contributed by atoms with Crippen LogP contribution < -0.4 is 10.1 Å². The molecule has 2 rings (SSSR count). The second-order valence-electron chi connectivity index (χ2n) is 4.87. The Kier molecular flexibility index (Phi) is 6.08. The molecule has 0 atom stereocenters. The topological polar surface area (TPSA) is 38.3 Å². The van der Waals surface area contributed by atoms with Crippen LogP contribution in [0.3, 0.4) is 0 Å². The standard InChI is InChI=1S/C18H17Cl2NO2/c1-3-13(21-14-6-9-16(19)17(20)10-14)11-18(22)12-4-7-15(23-2)8-5-12/h4-11,21H,3H2,1-2H3. The highest BCUT2D eigenvalue weighted by Crippen LogP contribution is 2.26. The lowest BCUT2D eigenvalue weighted by molar-refractivity contribution is 0.104. The quantitative estimate of drug-likeness (QED) is 0.545. The van der Waals surface area contributed by atoms with Gasteiger partial charge in [0.1, 0.15) is 5.75 Å². The number of hydrogen-bond acceptors (Lipinski definition) is 3. The third kappa shape index (κ3) is 4.75. The molecule has 0 aliphatic rings. The molecule has 23 heavy (non-hydrogen) atoms. The van der Waals surface area contributed by atoms with E-state index in [0.29, 0.717) is 22.0 Å². The highest BCUT2D eigenvalue weighted by atomic mass is 35.5. The van der Waals surface area contributed by atoms with E-state index in [1.54, 1.807) is 49.6 Å². The molecule has 0 heterocycles. The number of ether oxygens (including phenoxy) is 1. The van der Waals surface area contributed by atoms with Crippen LogP contribution in [0.1, 0.15) is 23.7 Å². The maximum Gasteiger partial charge on any atom is 0.187 e. The summed E-state index contributed by atoms with van der Waals surface area (Å²) in [6, 6.07) is 12.3. The molecule has 0 aliphatic heterocycles. The van der Waals surface area contributed by atoms with E-state index in [4.69, 9.17) is 27.9 Å². The van der Waals surface area contributed by atoms with Crippen molar-refractivity contribution in [2.75, 3.05) is 12.4 Å². The van der Waals surface area contributed by atoms with E-state index in [1.807, 2.05) is 13.0 Å². The number of carbonyl (C=O) groups is 1. The summed E-state index contributed by atoms with van der Waals surface area (Å²) in [6.45, 7) is 1.97. The number of allylic oxidation sites excluding steroid dienone is 2. The van der Waals surface area contributed by atoms with Gasteiger partial charge in [-0.3, -0.25) is 4.79 Å². The van der Waals surface area contributed by atoms with E-state index in [-0.39, 0.29) is 5.78 Å². The highest BCUT2D eigenvalue weighted by molar-refractivity contribution is 6.42. The largest absolute Gasteiger partial charge is 0.497 e. The summed E-state index contributed by atoms with van der Waals surface area (Å²) in [5.74, 6) is 0.646. The van der Waals surface area contributed by atoms with E-state index in [9.17, 15) is 4.79 Å². The Hall–Kier alpha value is -1.97. The van der Waals surface area contributed by atoms with Crippen LogP contribution in [0.25, 0.3) is 0 Å². The number of ketones is 1. The molecule has 1 N–H and O–H groups in total. The minimum absolute atomic E-state index is 0.0722. The van der Waals surface area contributed by atoms with Crippen molar-refractivity contribution in [1.29, 1.82) is 0 Å². The fraction of sp³-hybridized carbons (Fsp3) is 0.167. The van der Waals surface area contributed by atoms with Gasteiger partial charge in [0, 0.05) is 23.0 Å². The first-order valence-corrected chi connectivity index (χ1v) is 7.90. The Morgan fingerprint density at radius 3 is 2.39 bits per heavy atom. The van der Waals surface area contributed by atoms with Crippen molar-refractivity contribution in [1.82, 2.24) is 0 Å². The molecule has 3 nitrogen and oxygen atoms in total. The number of anilines is 1. The molecule has 0 saturated carbocycles. The van der Waals surface area contributed by atoms with E-state index >= 15 is 0 Å².